The lowest BCUT2D eigenvalue weighted by molar-refractivity contribution is 0.660. The number of aromatic nitrogens is 4. The van der Waals surface area contributed by atoms with Crippen molar-refractivity contribution in [3.8, 4) is 11.3 Å². The summed E-state index contributed by atoms with van der Waals surface area (Å²) in [5, 5.41) is 4.69. The van der Waals surface area contributed by atoms with Gasteiger partial charge in [0, 0.05) is 24.5 Å². The van der Waals surface area contributed by atoms with Gasteiger partial charge in [0.1, 0.15) is 6.33 Å². The van der Waals surface area contributed by atoms with Crippen LogP contribution >= 0.6 is 11.6 Å². The minimum Gasteiger partial charge on any atom is -0.272 e. The molecule has 0 aliphatic carbocycles. The second kappa shape index (κ2) is 3.75. The van der Waals surface area contributed by atoms with Crippen LogP contribution in [-0.2, 0) is 6.54 Å². The standard InChI is InChI=1S/C9H9ClN4/c1-2-14-5-7(3-13-14)9-8(10)4-11-6-12-9/h3-6H,2H2,1H3. The molecule has 0 N–H and O–H groups in total. The molecule has 72 valence electrons. The van der Waals surface area contributed by atoms with E-state index < -0.39 is 0 Å². The molecule has 0 fully saturated rings. The molecule has 0 amide bonds. The number of halogens is 1. The van der Waals surface area contributed by atoms with Crippen molar-refractivity contribution in [2.45, 2.75) is 13.5 Å². The van der Waals surface area contributed by atoms with Gasteiger partial charge in [-0.15, -0.1) is 0 Å². The quantitative estimate of drug-likeness (QED) is 0.759. The van der Waals surface area contributed by atoms with Crippen LogP contribution in [0.2, 0.25) is 5.02 Å². The highest BCUT2D eigenvalue weighted by atomic mass is 35.5. The Kier molecular flexibility index (Phi) is 2.45. The van der Waals surface area contributed by atoms with Crippen molar-refractivity contribution in [2.24, 2.45) is 0 Å². The van der Waals surface area contributed by atoms with Gasteiger partial charge in [0.2, 0.25) is 0 Å². The summed E-state index contributed by atoms with van der Waals surface area (Å²) >= 11 is 5.95. The maximum absolute atomic E-state index is 5.95. The molecule has 2 rings (SSSR count). The summed E-state index contributed by atoms with van der Waals surface area (Å²) in [5.74, 6) is 0. The van der Waals surface area contributed by atoms with Gasteiger partial charge in [-0.2, -0.15) is 5.10 Å². The molecule has 2 aromatic heterocycles. The SMILES string of the molecule is CCn1cc(-c2ncncc2Cl)cn1. The highest BCUT2D eigenvalue weighted by Gasteiger charge is 2.06. The van der Waals surface area contributed by atoms with E-state index in [1.165, 1.54) is 6.33 Å². The molecule has 2 aromatic rings. The highest BCUT2D eigenvalue weighted by Crippen LogP contribution is 2.23. The van der Waals surface area contributed by atoms with Crippen LogP contribution in [0.3, 0.4) is 0 Å². The van der Waals surface area contributed by atoms with E-state index in [0.717, 1.165) is 17.8 Å². The van der Waals surface area contributed by atoms with Gasteiger partial charge in [0.25, 0.3) is 0 Å². The molecule has 4 nitrogen and oxygen atoms in total. The number of hydrogen-bond acceptors (Lipinski definition) is 3. The van der Waals surface area contributed by atoms with Crippen LogP contribution in [0.25, 0.3) is 11.3 Å². The number of hydrogen-bond donors (Lipinski definition) is 0. The summed E-state index contributed by atoms with van der Waals surface area (Å²) in [6.07, 6.45) is 6.71. The van der Waals surface area contributed by atoms with E-state index in [-0.39, 0.29) is 0 Å². The van der Waals surface area contributed by atoms with Crippen LogP contribution < -0.4 is 0 Å². The van der Waals surface area contributed by atoms with Crippen LogP contribution in [0.5, 0.6) is 0 Å². The van der Waals surface area contributed by atoms with Gasteiger partial charge in [0.15, 0.2) is 0 Å². The summed E-state index contributed by atoms with van der Waals surface area (Å²) < 4.78 is 1.83. The first-order valence-electron chi connectivity index (χ1n) is 4.29. The predicted octanol–water partition coefficient (Wildman–Crippen LogP) is 2.01. The fourth-order valence-electron chi connectivity index (χ4n) is 1.18. The minimum absolute atomic E-state index is 0.545. The monoisotopic (exact) mass is 208 g/mol. The molecule has 0 aromatic carbocycles. The van der Waals surface area contributed by atoms with Gasteiger partial charge in [-0.25, -0.2) is 9.97 Å². The third kappa shape index (κ3) is 1.61. The number of aryl methyl sites for hydroxylation is 1. The second-order valence-electron chi connectivity index (χ2n) is 2.80. The third-order valence-corrected chi connectivity index (χ3v) is 2.17. The van der Waals surface area contributed by atoms with Gasteiger partial charge >= 0.3 is 0 Å². The molecule has 0 saturated heterocycles. The molecule has 0 bridgehead atoms. The van der Waals surface area contributed by atoms with Gasteiger partial charge in [-0.1, -0.05) is 11.6 Å². The summed E-state index contributed by atoms with van der Waals surface area (Å²) in [7, 11) is 0. The molecule has 0 unspecified atom stereocenters. The first-order valence-corrected chi connectivity index (χ1v) is 4.67. The van der Waals surface area contributed by atoms with Crippen LogP contribution in [0.1, 0.15) is 6.92 Å². The van der Waals surface area contributed by atoms with Crippen molar-refractivity contribution in [3.63, 3.8) is 0 Å². The topological polar surface area (TPSA) is 43.6 Å². The Morgan fingerprint density at radius 2 is 2.29 bits per heavy atom. The van der Waals surface area contributed by atoms with E-state index in [9.17, 15) is 0 Å². The average Bonchev–Trinajstić information content (AvgIpc) is 2.67. The first kappa shape index (κ1) is 9.15. The molecule has 0 aliphatic heterocycles. The number of nitrogens with zero attached hydrogens (tertiary/aromatic N) is 4. The maximum atomic E-state index is 5.95. The van der Waals surface area contributed by atoms with E-state index in [4.69, 9.17) is 11.6 Å². The zero-order valence-electron chi connectivity index (χ0n) is 7.68. The largest absolute Gasteiger partial charge is 0.272 e. The van der Waals surface area contributed by atoms with Crippen molar-refractivity contribution in [1.82, 2.24) is 19.7 Å². The summed E-state index contributed by atoms with van der Waals surface area (Å²) in [6.45, 7) is 2.86. The fourth-order valence-corrected chi connectivity index (χ4v) is 1.40. The van der Waals surface area contributed by atoms with Crippen molar-refractivity contribution in [3.05, 3.63) is 29.9 Å². The zero-order chi connectivity index (χ0) is 9.97. The summed E-state index contributed by atoms with van der Waals surface area (Å²) in [5.41, 5.74) is 1.64. The molecule has 14 heavy (non-hydrogen) atoms. The Morgan fingerprint density at radius 3 is 2.93 bits per heavy atom. The van der Waals surface area contributed by atoms with E-state index in [1.807, 2.05) is 17.8 Å². The molecule has 0 saturated carbocycles. The molecule has 0 radical (unpaired) electrons. The van der Waals surface area contributed by atoms with Crippen LogP contribution in [0.15, 0.2) is 24.9 Å². The highest BCUT2D eigenvalue weighted by molar-refractivity contribution is 6.32. The van der Waals surface area contributed by atoms with E-state index in [1.54, 1.807) is 12.4 Å². The Bertz CT molecular complexity index is 438. The molecule has 0 spiro atoms. The fraction of sp³-hybridized carbons (Fsp3) is 0.222. The van der Waals surface area contributed by atoms with Crippen LogP contribution in [0, 0.1) is 0 Å². The molecular weight excluding hydrogens is 200 g/mol. The van der Waals surface area contributed by atoms with E-state index in [0.29, 0.717) is 5.02 Å². The third-order valence-electron chi connectivity index (χ3n) is 1.90. The Labute approximate surface area is 86.6 Å². The molecule has 0 atom stereocenters. The van der Waals surface area contributed by atoms with Gasteiger partial charge in [0.05, 0.1) is 16.9 Å². The lowest BCUT2D eigenvalue weighted by Gasteiger charge is -1.97. The lowest BCUT2D eigenvalue weighted by Crippen LogP contribution is -1.92. The Balaban J connectivity index is 2.44. The smallest absolute Gasteiger partial charge is 0.116 e. The molecule has 2 heterocycles. The normalized spacial score (nSPS) is 10.4. The van der Waals surface area contributed by atoms with Crippen molar-refractivity contribution < 1.29 is 0 Å². The molecule has 0 aliphatic rings. The maximum Gasteiger partial charge on any atom is 0.116 e. The lowest BCUT2D eigenvalue weighted by atomic mass is 10.2. The Hall–Kier alpha value is -1.42. The van der Waals surface area contributed by atoms with Gasteiger partial charge in [-0.3, -0.25) is 4.68 Å². The summed E-state index contributed by atoms with van der Waals surface area (Å²) in [4.78, 5) is 7.93. The predicted molar refractivity (Wildman–Crippen MR) is 53.9 cm³/mol. The van der Waals surface area contributed by atoms with Crippen LogP contribution in [0.4, 0.5) is 0 Å². The number of rotatable bonds is 2. The zero-order valence-corrected chi connectivity index (χ0v) is 8.44. The van der Waals surface area contributed by atoms with Crippen molar-refractivity contribution >= 4 is 11.6 Å². The Morgan fingerprint density at radius 1 is 1.43 bits per heavy atom. The summed E-state index contributed by atoms with van der Waals surface area (Å²) in [6, 6.07) is 0. The van der Waals surface area contributed by atoms with E-state index in [2.05, 4.69) is 15.1 Å². The van der Waals surface area contributed by atoms with Crippen molar-refractivity contribution in [1.29, 1.82) is 0 Å². The van der Waals surface area contributed by atoms with Crippen LogP contribution in [-0.4, -0.2) is 19.7 Å². The minimum atomic E-state index is 0.545. The second-order valence-corrected chi connectivity index (χ2v) is 3.21. The molecular formula is C9H9ClN4. The average molecular weight is 209 g/mol. The molecule has 5 heteroatoms. The van der Waals surface area contributed by atoms with Gasteiger partial charge < -0.3 is 0 Å². The van der Waals surface area contributed by atoms with E-state index >= 15 is 0 Å². The van der Waals surface area contributed by atoms with Crippen molar-refractivity contribution in [2.75, 3.05) is 0 Å². The van der Waals surface area contributed by atoms with Gasteiger partial charge in [-0.05, 0) is 6.92 Å². The first-order chi connectivity index (χ1) is 6.81.